The van der Waals surface area contributed by atoms with Crippen molar-refractivity contribution in [2.24, 2.45) is 5.92 Å². The number of carbonyl (C=O) groups excluding carboxylic acids is 1. The van der Waals surface area contributed by atoms with Crippen LogP contribution in [-0.2, 0) is 11.3 Å². The fourth-order valence-corrected chi connectivity index (χ4v) is 2.47. The Balaban J connectivity index is 2.32. The molecule has 0 aliphatic carbocycles. The molecule has 0 heterocycles. The zero-order chi connectivity index (χ0) is 16.8. The van der Waals surface area contributed by atoms with Crippen molar-refractivity contribution in [3.05, 3.63) is 34.3 Å². The highest BCUT2D eigenvalue weighted by molar-refractivity contribution is 9.10. The van der Waals surface area contributed by atoms with E-state index in [9.17, 15) is 4.79 Å². The van der Waals surface area contributed by atoms with E-state index in [0.29, 0.717) is 12.5 Å². The van der Waals surface area contributed by atoms with Crippen molar-refractivity contribution in [1.29, 1.82) is 0 Å². The minimum atomic E-state index is -0.452. The molecule has 0 saturated heterocycles. The molecular weight excluding hydrogens is 344 g/mol. The molecule has 1 aromatic rings. The molecule has 1 aromatic carbocycles. The van der Waals surface area contributed by atoms with Crippen molar-refractivity contribution in [1.82, 2.24) is 10.2 Å². The van der Waals surface area contributed by atoms with Crippen LogP contribution in [0.4, 0.5) is 4.79 Å². The normalized spacial score (nSPS) is 12.8. The van der Waals surface area contributed by atoms with Crippen molar-refractivity contribution >= 4 is 22.0 Å². The number of nitrogens with one attached hydrogen (secondary N) is 1. The SMILES string of the molecule is CC(CNCc1ccccc1Br)CN(C)C(=O)OC(C)(C)C. The molecule has 5 heteroatoms. The van der Waals surface area contributed by atoms with Gasteiger partial charge in [-0.25, -0.2) is 4.79 Å². The minimum Gasteiger partial charge on any atom is -0.444 e. The Labute approximate surface area is 142 Å². The van der Waals surface area contributed by atoms with E-state index in [-0.39, 0.29) is 6.09 Å². The number of ether oxygens (including phenoxy) is 1. The van der Waals surface area contributed by atoms with Gasteiger partial charge < -0.3 is 15.0 Å². The van der Waals surface area contributed by atoms with Gasteiger partial charge in [-0.1, -0.05) is 41.1 Å². The number of hydrogen-bond acceptors (Lipinski definition) is 3. The topological polar surface area (TPSA) is 41.6 Å². The van der Waals surface area contributed by atoms with E-state index in [0.717, 1.165) is 17.6 Å². The van der Waals surface area contributed by atoms with Crippen molar-refractivity contribution in [2.45, 2.75) is 39.8 Å². The summed E-state index contributed by atoms with van der Waals surface area (Å²) in [5.74, 6) is 0.347. The Bertz CT molecular complexity index is 486. The van der Waals surface area contributed by atoms with Crippen LogP contribution in [0.15, 0.2) is 28.7 Å². The Morgan fingerprint density at radius 3 is 2.59 bits per heavy atom. The fourth-order valence-electron chi connectivity index (χ4n) is 2.04. The molecule has 0 aliphatic rings. The predicted molar refractivity (Wildman–Crippen MR) is 93.9 cm³/mol. The van der Waals surface area contributed by atoms with Gasteiger partial charge in [0.1, 0.15) is 5.60 Å². The van der Waals surface area contributed by atoms with Crippen LogP contribution in [0.1, 0.15) is 33.3 Å². The molecule has 1 N–H and O–H groups in total. The summed E-state index contributed by atoms with van der Waals surface area (Å²) in [5.41, 5.74) is 0.780. The summed E-state index contributed by atoms with van der Waals surface area (Å²) in [5, 5.41) is 3.43. The van der Waals surface area contributed by atoms with E-state index in [2.05, 4.69) is 34.2 Å². The number of rotatable bonds is 6. The molecule has 0 saturated carbocycles. The van der Waals surface area contributed by atoms with Gasteiger partial charge in [-0.2, -0.15) is 0 Å². The van der Waals surface area contributed by atoms with Crippen LogP contribution in [-0.4, -0.2) is 36.7 Å². The van der Waals surface area contributed by atoms with Crippen molar-refractivity contribution in [3.8, 4) is 0 Å². The molecule has 1 rings (SSSR count). The monoisotopic (exact) mass is 370 g/mol. The standard InChI is InChI=1S/C17H27BrN2O2/c1-13(12-20(5)16(21)22-17(2,3)4)10-19-11-14-8-6-7-9-15(14)18/h6-9,13,19H,10-12H2,1-5H3. The lowest BCUT2D eigenvalue weighted by Gasteiger charge is -2.26. The van der Waals surface area contributed by atoms with Crippen LogP contribution >= 0.6 is 15.9 Å². The number of benzene rings is 1. The second kappa shape index (κ2) is 8.53. The summed E-state index contributed by atoms with van der Waals surface area (Å²) in [6.07, 6.45) is -0.273. The third kappa shape index (κ3) is 7.27. The number of nitrogens with zero attached hydrogens (tertiary/aromatic N) is 1. The third-order valence-electron chi connectivity index (χ3n) is 3.06. The summed E-state index contributed by atoms with van der Waals surface area (Å²) < 4.78 is 6.46. The summed E-state index contributed by atoms with van der Waals surface area (Å²) >= 11 is 3.54. The molecule has 0 aromatic heterocycles. The van der Waals surface area contributed by atoms with E-state index < -0.39 is 5.60 Å². The predicted octanol–water partition coefficient (Wildman–Crippen LogP) is 4.04. The summed E-state index contributed by atoms with van der Waals surface area (Å²) in [6.45, 7) is 10.1. The lowest BCUT2D eigenvalue weighted by molar-refractivity contribution is 0.0277. The van der Waals surface area contributed by atoms with E-state index in [1.54, 1.807) is 11.9 Å². The van der Waals surface area contributed by atoms with Gasteiger partial charge in [0.15, 0.2) is 0 Å². The Hall–Kier alpha value is -1.07. The largest absolute Gasteiger partial charge is 0.444 e. The van der Waals surface area contributed by atoms with Gasteiger partial charge in [-0.3, -0.25) is 0 Å². The Morgan fingerprint density at radius 1 is 1.36 bits per heavy atom. The average molecular weight is 371 g/mol. The minimum absolute atomic E-state index is 0.273. The zero-order valence-corrected chi connectivity index (χ0v) is 15.7. The van der Waals surface area contributed by atoms with Gasteiger partial charge in [0.05, 0.1) is 0 Å². The second-order valence-corrected chi connectivity index (χ2v) is 7.54. The highest BCUT2D eigenvalue weighted by Gasteiger charge is 2.20. The van der Waals surface area contributed by atoms with Gasteiger partial charge in [0.25, 0.3) is 0 Å². The number of hydrogen-bond donors (Lipinski definition) is 1. The molecule has 0 radical (unpaired) electrons. The van der Waals surface area contributed by atoms with Crippen LogP contribution < -0.4 is 5.32 Å². The van der Waals surface area contributed by atoms with Crippen LogP contribution in [0.25, 0.3) is 0 Å². The van der Waals surface area contributed by atoms with E-state index >= 15 is 0 Å². The van der Waals surface area contributed by atoms with Gasteiger partial charge in [0, 0.05) is 24.6 Å². The lowest BCUT2D eigenvalue weighted by atomic mass is 10.1. The smallest absolute Gasteiger partial charge is 0.410 e. The molecule has 1 unspecified atom stereocenters. The van der Waals surface area contributed by atoms with Crippen molar-refractivity contribution in [3.63, 3.8) is 0 Å². The van der Waals surface area contributed by atoms with Crippen molar-refractivity contribution < 1.29 is 9.53 Å². The van der Waals surface area contributed by atoms with Gasteiger partial charge in [-0.05, 0) is 44.9 Å². The first kappa shape index (κ1) is 19.0. The number of halogens is 1. The summed E-state index contributed by atoms with van der Waals surface area (Å²) in [6, 6.07) is 8.17. The molecule has 1 amide bonds. The molecule has 0 fully saturated rings. The zero-order valence-electron chi connectivity index (χ0n) is 14.1. The quantitative estimate of drug-likeness (QED) is 0.821. The molecule has 4 nitrogen and oxygen atoms in total. The van der Waals surface area contributed by atoms with Crippen LogP contribution in [0.5, 0.6) is 0 Å². The number of amides is 1. The molecule has 0 aliphatic heterocycles. The first-order valence-electron chi connectivity index (χ1n) is 7.57. The van der Waals surface area contributed by atoms with Gasteiger partial charge >= 0.3 is 6.09 Å². The first-order chi connectivity index (χ1) is 10.2. The lowest BCUT2D eigenvalue weighted by Crippen LogP contribution is -2.38. The fraction of sp³-hybridized carbons (Fsp3) is 0.588. The highest BCUT2D eigenvalue weighted by Crippen LogP contribution is 2.15. The van der Waals surface area contributed by atoms with Crippen LogP contribution in [0, 0.1) is 5.92 Å². The van der Waals surface area contributed by atoms with E-state index in [1.807, 2.05) is 39.0 Å². The van der Waals surface area contributed by atoms with Crippen LogP contribution in [0.3, 0.4) is 0 Å². The van der Waals surface area contributed by atoms with Crippen LogP contribution in [0.2, 0.25) is 0 Å². The van der Waals surface area contributed by atoms with Gasteiger partial charge in [-0.15, -0.1) is 0 Å². The summed E-state index contributed by atoms with van der Waals surface area (Å²) in [7, 11) is 1.78. The molecule has 0 bridgehead atoms. The molecule has 22 heavy (non-hydrogen) atoms. The molecular formula is C17H27BrN2O2. The number of carbonyl (C=O) groups is 1. The molecule has 1 atom stereocenters. The highest BCUT2D eigenvalue weighted by atomic mass is 79.9. The molecule has 124 valence electrons. The second-order valence-electron chi connectivity index (χ2n) is 6.69. The Morgan fingerprint density at radius 2 is 2.00 bits per heavy atom. The summed E-state index contributed by atoms with van der Waals surface area (Å²) in [4.78, 5) is 13.5. The maximum atomic E-state index is 11.9. The molecule has 0 spiro atoms. The maximum absolute atomic E-state index is 11.9. The van der Waals surface area contributed by atoms with E-state index in [1.165, 1.54) is 5.56 Å². The Kier molecular flexibility index (Phi) is 7.36. The first-order valence-corrected chi connectivity index (χ1v) is 8.36. The van der Waals surface area contributed by atoms with E-state index in [4.69, 9.17) is 4.74 Å². The maximum Gasteiger partial charge on any atom is 0.410 e. The van der Waals surface area contributed by atoms with Crippen molar-refractivity contribution in [2.75, 3.05) is 20.1 Å². The van der Waals surface area contributed by atoms with Gasteiger partial charge in [0.2, 0.25) is 0 Å². The average Bonchev–Trinajstić information content (AvgIpc) is 2.39. The third-order valence-corrected chi connectivity index (χ3v) is 3.83.